The number of hydrogen-bond acceptors (Lipinski definition) is 2. The Balaban J connectivity index is 2.00. The minimum absolute atomic E-state index is 0.179. The van der Waals surface area contributed by atoms with Crippen LogP contribution < -0.4 is 5.32 Å². The number of halogens is 3. The molecule has 2 rings (SSSR count). The standard InChI is InChI=1S/C12H15BrF2N2/c13-10-1-2-11(14)9(12(10)15)3-6-17-7-4-16-5-8-17/h1-2,16H,3-8H2. The third-order valence-electron chi connectivity index (χ3n) is 3.03. The number of benzene rings is 1. The highest BCUT2D eigenvalue weighted by atomic mass is 79.9. The molecule has 1 aromatic carbocycles. The van der Waals surface area contributed by atoms with Gasteiger partial charge in [0.2, 0.25) is 0 Å². The highest BCUT2D eigenvalue weighted by Gasteiger charge is 2.15. The molecule has 5 heteroatoms. The number of hydrogen-bond donors (Lipinski definition) is 1. The second-order valence-corrected chi connectivity index (χ2v) is 5.02. The van der Waals surface area contributed by atoms with Crippen LogP contribution in [0, 0.1) is 11.6 Å². The Morgan fingerprint density at radius 1 is 1.24 bits per heavy atom. The molecule has 1 saturated heterocycles. The van der Waals surface area contributed by atoms with Crippen LogP contribution >= 0.6 is 15.9 Å². The fourth-order valence-electron chi connectivity index (χ4n) is 2.00. The second-order valence-electron chi connectivity index (χ2n) is 4.16. The highest BCUT2D eigenvalue weighted by molar-refractivity contribution is 9.10. The molecule has 1 heterocycles. The van der Waals surface area contributed by atoms with E-state index in [1.54, 1.807) is 0 Å². The van der Waals surface area contributed by atoms with E-state index in [1.807, 2.05) is 0 Å². The van der Waals surface area contributed by atoms with E-state index in [0.29, 0.717) is 17.4 Å². The van der Waals surface area contributed by atoms with Gasteiger partial charge >= 0.3 is 0 Å². The van der Waals surface area contributed by atoms with E-state index in [2.05, 4.69) is 26.1 Å². The summed E-state index contributed by atoms with van der Waals surface area (Å²) in [5.41, 5.74) is 0.179. The Morgan fingerprint density at radius 2 is 1.94 bits per heavy atom. The maximum atomic E-state index is 13.7. The fourth-order valence-corrected chi connectivity index (χ4v) is 2.37. The van der Waals surface area contributed by atoms with E-state index in [1.165, 1.54) is 12.1 Å². The normalized spacial score (nSPS) is 17.4. The van der Waals surface area contributed by atoms with Crippen LogP contribution in [-0.2, 0) is 6.42 Å². The van der Waals surface area contributed by atoms with Crippen molar-refractivity contribution in [3.8, 4) is 0 Å². The molecule has 0 atom stereocenters. The maximum absolute atomic E-state index is 13.7. The van der Waals surface area contributed by atoms with Crippen LogP contribution in [0.3, 0.4) is 0 Å². The van der Waals surface area contributed by atoms with Gasteiger partial charge in [-0.3, -0.25) is 0 Å². The van der Waals surface area contributed by atoms with Crippen molar-refractivity contribution in [3.63, 3.8) is 0 Å². The molecular formula is C12H15BrF2N2. The third kappa shape index (κ3) is 3.24. The number of piperazine rings is 1. The van der Waals surface area contributed by atoms with Gasteiger partial charge in [-0.15, -0.1) is 0 Å². The molecule has 17 heavy (non-hydrogen) atoms. The molecule has 0 aliphatic carbocycles. The molecule has 0 amide bonds. The van der Waals surface area contributed by atoms with Gasteiger partial charge in [0.15, 0.2) is 0 Å². The van der Waals surface area contributed by atoms with E-state index in [9.17, 15) is 8.78 Å². The zero-order chi connectivity index (χ0) is 12.3. The average Bonchev–Trinajstić information content (AvgIpc) is 2.35. The number of rotatable bonds is 3. The van der Waals surface area contributed by atoms with E-state index in [-0.39, 0.29) is 5.56 Å². The lowest BCUT2D eigenvalue weighted by Crippen LogP contribution is -2.44. The van der Waals surface area contributed by atoms with Crippen molar-refractivity contribution in [2.24, 2.45) is 0 Å². The van der Waals surface area contributed by atoms with Crippen LogP contribution in [0.15, 0.2) is 16.6 Å². The van der Waals surface area contributed by atoms with Crippen molar-refractivity contribution in [3.05, 3.63) is 33.8 Å². The zero-order valence-corrected chi connectivity index (χ0v) is 11.1. The van der Waals surface area contributed by atoms with E-state index < -0.39 is 11.6 Å². The number of nitrogens with zero attached hydrogens (tertiary/aromatic N) is 1. The Hall–Kier alpha value is -0.520. The van der Waals surface area contributed by atoms with Gasteiger partial charge in [-0.1, -0.05) is 0 Å². The Bertz CT molecular complexity index is 392. The minimum atomic E-state index is -0.472. The molecular weight excluding hydrogens is 290 g/mol. The lowest BCUT2D eigenvalue weighted by molar-refractivity contribution is 0.242. The van der Waals surface area contributed by atoms with Gasteiger partial charge in [-0.2, -0.15) is 0 Å². The van der Waals surface area contributed by atoms with E-state index in [4.69, 9.17) is 0 Å². The summed E-state index contributed by atoms with van der Waals surface area (Å²) in [5, 5.41) is 3.25. The Morgan fingerprint density at radius 3 is 2.65 bits per heavy atom. The minimum Gasteiger partial charge on any atom is -0.314 e. The Labute approximate surface area is 108 Å². The summed E-state index contributed by atoms with van der Waals surface area (Å²) in [4.78, 5) is 2.22. The van der Waals surface area contributed by atoms with Crippen LogP contribution in [0.25, 0.3) is 0 Å². The van der Waals surface area contributed by atoms with Crippen LogP contribution in [0.2, 0.25) is 0 Å². The van der Waals surface area contributed by atoms with Gasteiger partial charge in [-0.05, 0) is 34.5 Å². The maximum Gasteiger partial charge on any atom is 0.143 e. The van der Waals surface area contributed by atoms with Gasteiger partial charge in [-0.25, -0.2) is 8.78 Å². The van der Waals surface area contributed by atoms with Gasteiger partial charge in [0.1, 0.15) is 11.6 Å². The molecule has 1 fully saturated rings. The summed E-state index contributed by atoms with van der Waals surface area (Å²) in [6.45, 7) is 4.48. The first kappa shape index (κ1) is 12.9. The van der Waals surface area contributed by atoms with Crippen molar-refractivity contribution in [1.29, 1.82) is 0 Å². The van der Waals surface area contributed by atoms with Gasteiger partial charge in [0.25, 0.3) is 0 Å². The summed E-state index contributed by atoms with van der Waals surface area (Å²) in [6, 6.07) is 2.71. The van der Waals surface area contributed by atoms with Crippen molar-refractivity contribution >= 4 is 15.9 Å². The summed E-state index contributed by atoms with van der Waals surface area (Å²) in [5.74, 6) is -0.930. The van der Waals surface area contributed by atoms with Crippen molar-refractivity contribution < 1.29 is 8.78 Å². The predicted molar refractivity (Wildman–Crippen MR) is 67.1 cm³/mol. The molecule has 0 aromatic heterocycles. The molecule has 0 bridgehead atoms. The van der Waals surface area contributed by atoms with Crippen LogP contribution in [0.1, 0.15) is 5.56 Å². The molecule has 1 aliphatic rings. The lowest BCUT2D eigenvalue weighted by atomic mass is 10.1. The van der Waals surface area contributed by atoms with Gasteiger partial charge in [0, 0.05) is 38.3 Å². The van der Waals surface area contributed by atoms with Crippen LogP contribution in [0.5, 0.6) is 0 Å². The van der Waals surface area contributed by atoms with Gasteiger partial charge < -0.3 is 10.2 Å². The smallest absolute Gasteiger partial charge is 0.143 e. The monoisotopic (exact) mass is 304 g/mol. The SMILES string of the molecule is Fc1ccc(Br)c(F)c1CCN1CCNCC1. The Kier molecular flexibility index (Phi) is 4.48. The fraction of sp³-hybridized carbons (Fsp3) is 0.500. The predicted octanol–water partition coefficient (Wildman–Crippen LogP) is 2.17. The third-order valence-corrected chi connectivity index (χ3v) is 3.64. The molecule has 0 spiro atoms. The second kappa shape index (κ2) is 5.89. The first-order valence-corrected chi connectivity index (χ1v) is 6.53. The average molecular weight is 305 g/mol. The van der Waals surface area contributed by atoms with Crippen LogP contribution in [-0.4, -0.2) is 37.6 Å². The molecule has 2 nitrogen and oxygen atoms in total. The highest BCUT2D eigenvalue weighted by Crippen LogP contribution is 2.22. The number of nitrogens with one attached hydrogen (secondary N) is 1. The molecule has 0 unspecified atom stereocenters. The molecule has 94 valence electrons. The van der Waals surface area contributed by atoms with E-state index >= 15 is 0 Å². The molecule has 1 aliphatic heterocycles. The van der Waals surface area contributed by atoms with Crippen molar-refractivity contribution in [1.82, 2.24) is 10.2 Å². The van der Waals surface area contributed by atoms with E-state index in [0.717, 1.165) is 26.2 Å². The summed E-state index contributed by atoms with van der Waals surface area (Å²) in [7, 11) is 0. The summed E-state index contributed by atoms with van der Waals surface area (Å²) in [6.07, 6.45) is 0.414. The quantitative estimate of drug-likeness (QED) is 0.861. The first-order chi connectivity index (χ1) is 8.18. The summed E-state index contributed by atoms with van der Waals surface area (Å²) >= 11 is 3.08. The topological polar surface area (TPSA) is 15.3 Å². The molecule has 1 N–H and O–H groups in total. The largest absolute Gasteiger partial charge is 0.314 e. The zero-order valence-electron chi connectivity index (χ0n) is 9.48. The van der Waals surface area contributed by atoms with Crippen LogP contribution in [0.4, 0.5) is 8.78 Å². The molecule has 0 saturated carbocycles. The van der Waals surface area contributed by atoms with Crippen molar-refractivity contribution in [2.75, 3.05) is 32.7 Å². The van der Waals surface area contributed by atoms with Gasteiger partial charge in [0.05, 0.1) is 4.47 Å². The molecule has 1 aromatic rings. The first-order valence-electron chi connectivity index (χ1n) is 5.74. The van der Waals surface area contributed by atoms with Crippen molar-refractivity contribution in [2.45, 2.75) is 6.42 Å². The molecule has 0 radical (unpaired) electrons. The summed E-state index contributed by atoms with van der Waals surface area (Å²) < 4.78 is 27.5. The lowest BCUT2D eigenvalue weighted by Gasteiger charge is -2.27.